The monoisotopic (exact) mass is 241 g/mol. The first-order chi connectivity index (χ1) is 8.65. The molecule has 0 radical (unpaired) electrons. The van der Waals surface area contributed by atoms with Crippen molar-refractivity contribution in [3.8, 4) is 11.3 Å². The van der Waals surface area contributed by atoms with Gasteiger partial charge in [-0.3, -0.25) is 9.78 Å². The second kappa shape index (κ2) is 4.05. The van der Waals surface area contributed by atoms with Gasteiger partial charge in [-0.2, -0.15) is 0 Å². The Kier molecular flexibility index (Phi) is 2.51. The SMILES string of the molecule is Cc1ccc(-c2nc(C3CC3)[nH]c(=O)c2C)cn1. The van der Waals surface area contributed by atoms with E-state index in [1.54, 1.807) is 13.1 Å². The highest BCUT2D eigenvalue weighted by Gasteiger charge is 2.27. The molecular weight excluding hydrogens is 226 g/mol. The van der Waals surface area contributed by atoms with Crippen LogP contribution in [0.3, 0.4) is 0 Å². The third-order valence-electron chi connectivity index (χ3n) is 3.32. The van der Waals surface area contributed by atoms with Crippen LogP contribution in [0.25, 0.3) is 11.3 Å². The van der Waals surface area contributed by atoms with Gasteiger partial charge in [0.05, 0.1) is 5.69 Å². The first kappa shape index (κ1) is 11.1. The number of pyridine rings is 1. The summed E-state index contributed by atoms with van der Waals surface area (Å²) in [4.78, 5) is 23.7. The van der Waals surface area contributed by atoms with Crippen molar-refractivity contribution in [1.29, 1.82) is 0 Å². The molecule has 0 saturated heterocycles. The maximum atomic E-state index is 11.9. The van der Waals surface area contributed by atoms with Crippen molar-refractivity contribution >= 4 is 0 Å². The van der Waals surface area contributed by atoms with Crippen molar-refractivity contribution in [3.63, 3.8) is 0 Å². The lowest BCUT2D eigenvalue weighted by molar-refractivity contribution is 0.900. The number of nitrogens with one attached hydrogen (secondary N) is 1. The largest absolute Gasteiger partial charge is 0.310 e. The molecule has 2 aromatic rings. The van der Waals surface area contributed by atoms with Crippen molar-refractivity contribution < 1.29 is 0 Å². The molecule has 0 aromatic carbocycles. The Labute approximate surface area is 105 Å². The van der Waals surface area contributed by atoms with Crippen LogP contribution in [0.1, 0.15) is 35.8 Å². The van der Waals surface area contributed by atoms with Crippen molar-refractivity contribution in [2.24, 2.45) is 0 Å². The molecule has 2 heterocycles. The van der Waals surface area contributed by atoms with Crippen LogP contribution in [-0.4, -0.2) is 15.0 Å². The lowest BCUT2D eigenvalue weighted by atomic mass is 10.1. The summed E-state index contributed by atoms with van der Waals surface area (Å²) in [5.41, 5.74) is 3.25. The van der Waals surface area contributed by atoms with E-state index in [0.717, 1.165) is 35.6 Å². The molecule has 3 rings (SSSR count). The van der Waals surface area contributed by atoms with Gasteiger partial charge in [0.15, 0.2) is 0 Å². The topological polar surface area (TPSA) is 58.6 Å². The van der Waals surface area contributed by atoms with E-state index >= 15 is 0 Å². The molecule has 0 aliphatic heterocycles. The maximum absolute atomic E-state index is 11.9. The number of aromatic nitrogens is 3. The van der Waals surface area contributed by atoms with Crippen LogP contribution in [-0.2, 0) is 0 Å². The minimum absolute atomic E-state index is 0.0394. The molecule has 1 N–H and O–H groups in total. The minimum atomic E-state index is -0.0394. The van der Waals surface area contributed by atoms with Crippen molar-refractivity contribution in [2.45, 2.75) is 32.6 Å². The highest BCUT2D eigenvalue weighted by Crippen LogP contribution is 2.38. The van der Waals surface area contributed by atoms with E-state index in [-0.39, 0.29) is 5.56 Å². The molecule has 0 amide bonds. The first-order valence-electron chi connectivity index (χ1n) is 6.19. The van der Waals surface area contributed by atoms with E-state index in [1.807, 2.05) is 19.1 Å². The van der Waals surface area contributed by atoms with E-state index in [4.69, 9.17) is 0 Å². The number of H-pyrrole nitrogens is 1. The number of rotatable bonds is 2. The third-order valence-corrected chi connectivity index (χ3v) is 3.32. The van der Waals surface area contributed by atoms with Crippen molar-refractivity contribution in [2.75, 3.05) is 0 Å². The Morgan fingerprint density at radius 3 is 2.67 bits per heavy atom. The smallest absolute Gasteiger partial charge is 0.254 e. The van der Waals surface area contributed by atoms with E-state index in [9.17, 15) is 4.79 Å². The zero-order valence-electron chi connectivity index (χ0n) is 10.5. The number of hydrogen-bond donors (Lipinski definition) is 1. The van der Waals surface area contributed by atoms with Gasteiger partial charge >= 0.3 is 0 Å². The molecule has 0 unspecified atom stereocenters. The maximum Gasteiger partial charge on any atom is 0.254 e. The average Bonchev–Trinajstić information content (AvgIpc) is 3.18. The zero-order valence-corrected chi connectivity index (χ0v) is 10.5. The summed E-state index contributed by atoms with van der Waals surface area (Å²) >= 11 is 0. The van der Waals surface area contributed by atoms with E-state index in [0.29, 0.717) is 11.5 Å². The summed E-state index contributed by atoms with van der Waals surface area (Å²) in [6.07, 6.45) is 4.02. The molecule has 1 aliphatic carbocycles. The molecule has 18 heavy (non-hydrogen) atoms. The fraction of sp³-hybridized carbons (Fsp3) is 0.357. The quantitative estimate of drug-likeness (QED) is 0.877. The Balaban J connectivity index is 2.15. The predicted octanol–water partition coefficient (Wildman–Crippen LogP) is 2.33. The summed E-state index contributed by atoms with van der Waals surface area (Å²) < 4.78 is 0. The normalized spacial score (nSPS) is 14.8. The predicted molar refractivity (Wildman–Crippen MR) is 69.5 cm³/mol. The molecule has 4 heteroatoms. The molecular formula is C14H15N3O. The Morgan fingerprint density at radius 1 is 1.28 bits per heavy atom. The summed E-state index contributed by atoms with van der Waals surface area (Å²) in [5.74, 6) is 1.26. The second-order valence-electron chi connectivity index (χ2n) is 4.89. The molecule has 92 valence electrons. The summed E-state index contributed by atoms with van der Waals surface area (Å²) in [5, 5.41) is 0. The van der Waals surface area contributed by atoms with Crippen LogP contribution in [0, 0.1) is 13.8 Å². The number of aromatic amines is 1. The Bertz CT molecular complexity index is 639. The average molecular weight is 241 g/mol. The number of aryl methyl sites for hydroxylation is 1. The molecule has 1 fully saturated rings. The number of hydrogen-bond acceptors (Lipinski definition) is 3. The van der Waals surface area contributed by atoms with Gasteiger partial charge in [0.2, 0.25) is 0 Å². The summed E-state index contributed by atoms with van der Waals surface area (Å²) in [6.45, 7) is 3.75. The minimum Gasteiger partial charge on any atom is -0.310 e. The van der Waals surface area contributed by atoms with Gasteiger partial charge in [0.25, 0.3) is 5.56 Å². The van der Waals surface area contributed by atoms with E-state index in [1.165, 1.54) is 0 Å². The van der Waals surface area contributed by atoms with E-state index < -0.39 is 0 Å². The van der Waals surface area contributed by atoms with Crippen molar-refractivity contribution in [1.82, 2.24) is 15.0 Å². The highest BCUT2D eigenvalue weighted by atomic mass is 16.1. The molecule has 4 nitrogen and oxygen atoms in total. The van der Waals surface area contributed by atoms with Gasteiger partial charge in [-0.15, -0.1) is 0 Å². The van der Waals surface area contributed by atoms with Gasteiger partial charge in [-0.05, 0) is 38.8 Å². The fourth-order valence-electron chi connectivity index (χ4n) is 1.99. The van der Waals surface area contributed by atoms with Crippen LogP contribution in [0.2, 0.25) is 0 Å². The van der Waals surface area contributed by atoms with Gasteiger partial charge in [0, 0.05) is 28.9 Å². The van der Waals surface area contributed by atoms with Crippen molar-refractivity contribution in [3.05, 3.63) is 45.8 Å². The Hall–Kier alpha value is -1.97. The van der Waals surface area contributed by atoms with Crippen LogP contribution in [0.4, 0.5) is 0 Å². The lowest BCUT2D eigenvalue weighted by Gasteiger charge is -2.07. The fourth-order valence-corrected chi connectivity index (χ4v) is 1.99. The van der Waals surface area contributed by atoms with Crippen LogP contribution < -0.4 is 5.56 Å². The van der Waals surface area contributed by atoms with Gasteiger partial charge in [0.1, 0.15) is 5.82 Å². The number of nitrogens with zero attached hydrogens (tertiary/aromatic N) is 2. The van der Waals surface area contributed by atoms with Gasteiger partial charge in [-0.1, -0.05) is 0 Å². The standard InChI is InChI=1S/C14H15N3O/c1-8-3-4-11(7-15-8)12-9(2)14(18)17-13(16-12)10-5-6-10/h3-4,7,10H,5-6H2,1-2H3,(H,16,17,18). The van der Waals surface area contributed by atoms with Gasteiger partial charge in [-0.25, -0.2) is 4.98 Å². The van der Waals surface area contributed by atoms with E-state index in [2.05, 4.69) is 15.0 Å². The molecule has 0 spiro atoms. The van der Waals surface area contributed by atoms with Gasteiger partial charge < -0.3 is 4.98 Å². The molecule has 2 aromatic heterocycles. The second-order valence-corrected chi connectivity index (χ2v) is 4.89. The third kappa shape index (κ3) is 1.94. The van der Waals surface area contributed by atoms with Crippen LogP contribution in [0.5, 0.6) is 0 Å². The Morgan fingerprint density at radius 2 is 2.06 bits per heavy atom. The van der Waals surface area contributed by atoms with Crippen LogP contribution >= 0.6 is 0 Å². The molecule has 1 saturated carbocycles. The molecule has 0 bridgehead atoms. The molecule has 0 atom stereocenters. The van der Waals surface area contributed by atoms with Crippen LogP contribution in [0.15, 0.2) is 23.1 Å². The summed E-state index contributed by atoms with van der Waals surface area (Å²) in [7, 11) is 0. The lowest BCUT2D eigenvalue weighted by Crippen LogP contribution is -2.15. The highest BCUT2D eigenvalue weighted by molar-refractivity contribution is 5.61. The molecule has 1 aliphatic rings. The first-order valence-corrected chi connectivity index (χ1v) is 6.19. The summed E-state index contributed by atoms with van der Waals surface area (Å²) in [6, 6.07) is 3.90. The zero-order chi connectivity index (χ0) is 12.7.